The summed E-state index contributed by atoms with van der Waals surface area (Å²) < 4.78 is 57.9. The summed E-state index contributed by atoms with van der Waals surface area (Å²) in [6.45, 7) is 3.46. The highest BCUT2D eigenvalue weighted by Crippen LogP contribution is 2.27. The molecular weight excluding hydrogens is 466 g/mol. The third-order valence-corrected chi connectivity index (χ3v) is 6.17. The van der Waals surface area contributed by atoms with Gasteiger partial charge in [-0.3, -0.25) is 14.1 Å². The minimum absolute atomic E-state index is 0.0555. The molecule has 4 aromatic rings. The summed E-state index contributed by atoms with van der Waals surface area (Å²) in [6.07, 6.45) is 1.30. The molecule has 2 heterocycles. The number of benzene rings is 2. The predicted molar refractivity (Wildman–Crippen MR) is 124 cm³/mol. The Morgan fingerprint density at radius 2 is 1.74 bits per heavy atom. The molecule has 0 unspecified atom stereocenters. The second-order valence-electron chi connectivity index (χ2n) is 7.83. The van der Waals surface area contributed by atoms with Crippen LogP contribution < -0.4 is 16.0 Å². The Balaban J connectivity index is 1.77. The molecule has 0 fully saturated rings. The third-order valence-electron chi connectivity index (χ3n) is 4.94. The highest BCUT2D eigenvalue weighted by atomic mass is 32.2. The van der Waals surface area contributed by atoms with Crippen LogP contribution in [0.5, 0.6) is 0 Å². The molecule has 0 atom stereocenters. The first-order chi connectivity index (χ1) is 16.1. The summed E-state index contributed by atoms with van der Waals surface area (Å²) >= 11 is 0. The van der Waals surface area contributed by atoms with Gasteiger partial charge in [-0.05, 0) is 31.5 Å². The molecule has 0 saturated heterocycles. The van der Waals surface area contributed by atoms with Gasteiger partial charge in [-0.1, -0.05) is 30.3 Å². The van der Waals surface area contributed by atoms with Gasteiger partial charge in [-0.15, -0.1) is 0 Å². The molecule has 0 aliphatic heterocycles. The number of halogens is 2. The molecule has 176 valence electrons. The molecule has 12 heteroatoms. The van der Waals surface area contributed by atoms with Crippen molar-refractivity contribution in [2.24, 2.45) is 0 Å². The van der Waals surface area contributed by atoms with Crippen LogP contribution in [-0.4, -0.2) is 27.9 Å². The number of sulfonamides is 1. The van der Waals surface area contributed by atoms with Gasteiger partial charge < -0.3 is 5.73 Å². The lowest BCUT2D eigenvalue weighted by Gasteiger charge is -2.15. The minimum Gasteiger partial charge on any atom is -0.368 e. The normalized spacial score (nSPS) is 11.8. The van der Waals surface area contributed by atoms with Crippen LogP contribution in [0, 0.1) is 11.6 Å². The zero-order valence-corrected chi connectivity index (χ0v) is 19.0. The Bertz CT molecular complexity index is 1530. The molecule has 0 spiro atoms. The summed E-state index contributed by atoms with van der Waals surface area (Å²) in [7, 11) is -4.11. The van der Waals surface area contributed by atoms with Crippen molar-refractivity contribution in [1.82, 2.24) is 19.5 Å². The Labute approximate surface area is 193 Å². The summed E-state index contributed by atoms with van der Waals surface area (Å²) in [5.74, 6) is -2.92. The number of rotatable bonds is 6. The number of anilines is 2. The van der Waals surface area contributed by atoms with Gasteiger partial charge >= 0.3 is 0 Å². The fraction of sp³-hybridized carbons (Fsp3) is 0.182. The van der Waals surface area contributed by atoms with Crippen molar-refractivity contribution in [2.45, 2.75) is 25.6 Å². The van der Waals surface area contributed by atoms with Crippen LogP contribution in [0.2, 0.25) is 0 Å². The molecule has 0 radical (unpaired) electrons. The fourth-order valence-electron chi connectivity index (χ4n) is 3.47. The van der Waals surface area contributed by atoms with Crippen molar-refractivity contribution in [3.63, 3.8) is 0 Å². The van der Waals surface area contributed by atoms with E-state index in [1.165, 1.54) is 10.8 Å². The summed E-state index contributed by atoms with van der Waals surface area (Å²) in [6, 6.07) is 9.52. The van der Waals surface area contributed by atoms with Gasteiger partial charge in [0.05, 0.1) is 11.9 Å². The lowest BCUT2D eigenvalue weighted by molar-refractivity contribution is 0.582. The molecule has 0 amide bonds. The van der Waals surface area contributed by atoms with Gasteiger partial charge in [0.25, 0.3) is 5.56 Å². The van der Waals surface area contributed by atoms with E-state index in [-0.39, 0.29) is 34.4 Å². The molecule has 34 heavy (non-hydrogen) atoms. The Morgan fingerprint density at radius 3 is 2.35 bits per heavy atom. The largest absolute Gasteiger partial charge is 0.368 e. The maximum atomic E-state index is 14.9. The van der Waals surface area contributed by atoms with Gasteiger partial charge in [0.2, 0.25) is 16.0 Å². The van der Waals surface area contributed by atoms with E-state index in [1.54, 1.807) is 44.2 Å². The van der Waals surface area contributed by atoms with E-state index in [1.807, 2.05) is 4.72 Å². The first-order valence-electron chi connectivity index (χ1n) is 10.1. The van der Waals surface area contributed by atoms with Gasteiger partial charge in [0, 0.05) is 11.6 Å². The van der Waals surface area contributed by atoms with Crippen LogP contribution in [0.15, 0.2) is 53.5 Å². The number of nitrogens with two attached hydrogens (primary N) is 1. The quantitative estimate of drug-likeness (QED) is 0.427. The zero-order valence-electron chi connectivity index (χ0n) is 18.2. The van der Waals surface area contributed by atoms with E-state index < -0.39 is 38.7 Å². The molecule has 0 aliphatic carbocycles. The lowest BCUT2D eigenvalue weighted by Crippen LogP contribution is -2.26. The molecule has 2 aromatic heterocycles. The van der Waals surface area contributed by atoms with Crippen LogP contribution in [0.1, 0.15) is 25.5 Å². The summed E-state index contributed by atoms with van der Waals surface area (Å²) in [5, 5.41) is 0. The fourth-order valence-corrected chi connectivity index (χ4v) is 4.68. The van der Waals surface area contributed by atoms with E-state index in [0.29, 0.717) is 5.56 Å². The topological polar surface area (TPSA) is 133 Å². The number of fused-ring (bicyclic) bond motifs is 1. The Morgan fingerprint density at radius 1 is 1.09 bits per heavy atom. The maximum absolute atomic E-state index is 14.9. The van der Waals surface area contributed by atoms with Crippen molar-refractivity contribution in [1.29, 1.82) is 0 Å². The smallest absolute Gasteiger partial charge is 0.278 e. The van der Waals surface area contributed by atoms with Crippen molar-refractivity contribution >= 4 is 32.8 Å². The highest BCUT2D eigenvalue weighted by Gasteiger charge is 2.22. The summed E-state index contributed by atoms with van der Waals surface area (Å²) in [4.78, 5) is 25.2. The molecule has 0 saturated carbocycles. The Kier molecular flexibility index (Phi) is 6.00. The van der Waals surface area contributed by atoms with Gasteiger partial charge in [-0.2, -0.15) is 4.98 Å². The molecule has 3 N–H and O–H groups in total. The third kappa shape index (κ3) is 4.57. The van der Waals surface area contributed by atoms with Crippen LogP contribution in [0.4, 0.5) is 20.4 Å². The van der Waals surface area contributed by atoms with Crippen LogP contribution >= 0.6 is 0 Å². The van der Waals surface area contributed by atoms with Gasteiger partial charge in [-0.25, -0.2) is 27.2 Å². The predicted octanol–water partition coefficient (Wildman–Crippen LogP) is 3.24. The standard InChI is InChI=1S/C22H20F2N6O3S/c1-12(2)30-20-17(10-26-22(25)28-20)27-18(21(30)31)14-8-15(23)19(16(24)9-14)29-34(32,33)11-13-6-4-3-5-7-13/h3-10,12,29H,11H2,1-2H3,(H2,25,26,28). The highest BCUT2D eigenvalue weighted by molar-refractivity contribution is 7.91. The van der Waals surface area contributed by atoms with Gasteiger partial charge in [0.1, 0.15) is 16.9 Å². The lowest BCUT2D eigenvalue weighted by atomic mass is 10.1. The van der Waals surface area contributed by atoms with Crippen LogP contribution in [0.25, 0.3) is 22.4 Å². The van der Waals surface area contributed by atoms with Gasteiger partial charge in [0.15, 0.2) is 17.3 Å². The van der Waals surface area contributed by atoms with E-state index in [2.05, 4.69) is 15.0 Å². The van der Waals surface area contributed by atoms with E-state index in [0.717, 1.165) is 12.1 Å². The van der Waals surface area contributed by atoms with Crippen LogP contribution in [0.3, 0.4) is 0 Å². The average Bonchev–Trinajstić information content (AvgIpc) is 2.76. The van der Waals surface area contributed by atoms with E-state index >= 15 is 0 Å². The van der Waals surface area contributed by atoms with Crippen molar-refractivity contribution in [2.75, 3.05) is 10.5 Å². The van der Waals surface area contributed by atoms with E-state index in [4.69, 9.17) is 5.73 Å². The number of nitrogens with zero attached hydrogens (tertiary/aromatic N) is 4. The number of aromatic nitrogens is 4. The maximum Gasteiger partial charge on any atom is 0.278 e. The number of hydrogen-bond donors (Lipinski definition) is 2. The van der Waals surface area contributed by atoms with Crippen molar-refractivity contribution in [3.05, 3.63) is 76.2 Å². The first kappa shape index (κ1) is 23.2. The molecular formula is C22H20F2N6O3S. The molecule has 9 nitrogen and oxygen atoms in total. The monoisotopic (exact) mass is 486 g/mol. The number of nitrogens with one attached hydrogen (secondary N) is 1. The molecule has 4 rings (SSSR count). The first-order valence-corrected chi connectivity index (χ1v) is 11.8. The average molecular weight is 487 g/mol. The van der Waals surface area contributed by atoms with Crippen molar-refractivity contribution in [3.8, 4) is 11.3 Å². The molecule has 2 aromatic carbocycles. The SMILES string of the molecule is CC(C)n1c(=O)c(-c2cc(F)c(NS(=O)(=O)Cc3ccccc3)c(F)c2)nc2cnc(N)nc21. The molecule has 0 bridgehead atoms. The summed E-state index contributed by atoms with van der Waals surface area (Å²) in [5.41, 5.74) is 4.56. The Hall–Kier alpha value is -3.93. The van der Waals surface area contributed by atoms with Crippen LogP contribution in [-0.2, 0) is 15.8 Å². The second-order valence-corrected chi connectivity index (χ2v) is 9.55. The van der Waals surface area contributed by atoms with Crippen molar-refractivity contribution < 1.29 is 17.2 Å². The number of nitrogen functional groups attached to an aromatic ring is 1. The van der Waals surface area contributed by atoms with E-state index in [9.17, 15) is 22.0 Å². The zero-order chi connectivity index (χ0) is 24.6. The molecule has 0 aliphatic rings. The number of hydrogen-bond acceptors (Lipinski definition) is 7. The minimum atomic E-state index is -4.11. The second kappa shape index (κ2) is 8.78.